The van der Waals surface area contributed by atoms with Crippen LogP contribution in [0.1, 0.15) is 79.9 Å². The molecule has 1 fully saturated rings. The number of fused-ring (bicyclic) bond motifs is 3. The lowest BCUT2D eigenvalue weighted by Crippen LogP contribution is -2.35. The average Bonchev–Trinajstić information content (AvgIpc) is 3.42. The van der Waals surface area contributed by atoms with Crippen molar-refractivity contribution in [1.29, 1.82) is 0 Å². The Morgan fingerprint density at radius 1 is 1.22 bits per heavy atom. The van der Waals surface area contributed by atoms with E-state index in [1.54, 1.807) is 16.9 Å². The van der Waals surface area contributed by atoms with Crippen LogP contribution in [0.25, 0.3) is 10.4 Å². The summed E-state index contributed by atoms with van der Waals surface area (Å²) in [6.07, 6.45) is 10.3. The smallest absolute Gasteiger partial charge is 0.160 e. The second-order valence-corrected chi connectivity index (χ2v) is 9.38. The summed E-state index contributed by atoms with van der Waals surface area (Å²) in [5.41, 5.74) is 4.31. The Hall–Kier alpha value is -1.61. The molecule has 3 unspecified atom stereocenters. The lowest BCUT2D eigenvalue weighted by Gasteiger charge is -2.31. The monoisotopic (exact) mass is 381 g/mol. The maximum Gasteiger partial charge on any atom is 0.160 e. The second-order valence-electron chi connectivity index (χ2n) is 8.27. The molecule has 1 aromatic heterocycles. The summed E-state index contributed by atoms with van der Waals surface area (Å²) in [7, 11) is 0. The van der Waals surface area contributed by atoms with Crippen molar-refractivity contribution < 1.29 is 4.79 Å². The van der Waals surface area contributed by atoms with Crippen LogP contribution in [-0.2, 0) is 0 Å². The predicted octanol–water partition coefficient (Wildman–Crippen LogP) is 6.90. The molecule has 1 aliphatic carbocycles. The topological polar surface area (TPSA) is 20.3 Å². The number of rotatable bonds is 8. The number of benzene rings is 1. The second kappa shape index (κ2) is 8.18. The van der Waals surface area contributed by atoms with Crippen molar-refractivity contribution in [3.05, 3.63) is 40.8 Å². The van der Waals surface area contributed by atoms with Crippen LogP contribution in [0.5, 0.6) is 0 Å². The molecule has 144 valence electrons. The van der Waals surface area contributed by atoms with Crippen LogP contribution >= 0.6 is 11.3 Å². The van der Waals surface area contributed by atoms with Gasteiger partial charge in [-0.15, -0.1) is 11.3 Å². The van der Waals surface area contributed by atoms with Crippen LogP contribution in [0.15, 0.2) is 30.3 Å². The molecule has 3 heteroatoms. The molecule has 0 saturated heterocycles. The molecule has 1 aromatic carbocycles. The van der Waals surface area contributed by atoms with Gasteiger partial charge in [-0.25, -0.2) is 0 Å². The van der Waals surface area contributed by atoms with E-state index in [0.29, 0.717) is 12.0 Å². The Labute approximate surface area is 167 Å². The molecule has 2 aliphatic rings. The van der Waals surface area contributed by atoms with Gasteiger partial charge < -0.3 is 4.90 Å². The number of carbonyl (C=O) groups is 1. The van der Waals surface area contributed by atoms with Crippen molar-refractivity contribution in [2.45, 2.75) is 70.8 Å². The van der Waals surface area contributed by atoms with Gasteiger partial charge in [-0.05, 0) is 60.6 Å². The summed E-state index contributed by atoms with van der Waals surface area (Å²) >= 11 is 1.60. The highest BCUT2D eigenvalue weighted by atomic mass is 32.1. The molecule has 2 aromatic rings. The van der Waals surface area contributed by atoms with E-state index in [2.05, 4.69) is 43.0 Å². The first-order valence-corrected chi connectivity index (χ1v) is 11.5. The van der Waals surface area contributed by atoms with Crippen molar-refractivity contribution in [3.63, 3.8) is 0 Å². The van der Waals surface area contributed by atoms with E-state index in [0.717, 1.165) is 17.1 Å². The fourth-order valence-electron chi connectivity index (χ4n) is 5.12. The fourth-order valence-corrected chi connectivity index (χ4v) is 5.94. The first kappa shape index (κ1) is 18.7. The number of hydrogen-bond acceptors (Lipinski definition) is 3. The molecular weight excluding hydrogens is 350 g/mol. The minimum Gasteiger partial charge on any atom is -0.367 e. The minimum atomic E-state index is 0.703. The van der Waals surface area contributed by atoms with Crippen LogP contribution < -0.4 is 4.90 Å². The van der Waals surface area contributed by atoms with Gasteiger partial charge in [0.1, 0.15) is 0 Å². The molecule has 1 saturated carbocycles. The van der Waals surface area contributed by atoms with Crippen molar-refractivity contribution in [1.82, 2.24) is 0 Å². The molecular formula is C24H31NOS. The lowest BCUT2D eigenvalue weighted by atomic mass is 9.95. The zero-order valence-corrected chi connectivity index (χ0v) is 17.4. The Morgan fingerprint density at radius 2 is 2.11 bits per heavy atom. The van der Waals surface area contributed by atoms with Crippen LogP contribution in [0.3, 0.4) is 0 Å². The fraction of sp³-hybridized carbons (Fsp3) is 0.542. The zero-order valence-electron chi connectivity index (χ0n) is 16.6. The molecule has 2 heterocycles. The van der Waals surface area contributed by atoms with Crippen molar-refractivity contribution in [2.75, 3.05) is 11.4 Å². The van der Waals surface area contributed by atoms with Crippen molar-refractivity contribution in [3.8, 4) is 10.4 Å². The number of thiophene rings is 1. The summed E-state index contributed by atoms with van der Waals surface area (Å²) in [5, 5.41) is 0. The highest BCUT2D eigenvalue weighted by Crippen LogP contribution is 2.50. The SMILES string of the molecule is CCCCC(CC)CN1c2ccc(-c3ccc(C=O)s3)cc2C2CCCC21. The average molecular weight is 382 g/mol. The Balaban J connectivity index is 1.62. The number of hydrogen-bond donors (Lipinski definition) is 0. The summed E-state index contributed by atoms with van der Waals surface area (Å²) in [6, 6.07) is 11.8. The van der Waals surface area contributed by atoms with Crippen molar-refractivity contribution >= 4 is 23.3 Å². The summed E-state index contributed by atoms with van der Waals surface area (Å²) in [5.74, 6) is 1.51. The highest BCUT2D eigenvalue weighted by Gasteiger charge is 2.41. The zero-order chi connectivity index (χ0) is 18.8. The summed E-state index contributed by atoms with van der Waals surface area (Å²) < 4.78 is 0. The van der Waals surface area contributed by atoms with Crippen LogP contribution in [0.4, 0.5) is 5.69 Å². The van der Waals surface area contributed by atoms with Crippen LogP contribution in [-0.4, -0.2) is 18.9 Å². The highest BCUT2D eigenvalue weighted by molar-refractivity contribution is 7.17. The van der Waals surface area contributed by atoms with E-state index in [4.69, 9.17) is 0 Å². The Bertz CT molecular complexity index is 795. The number of nitrogens with zero attached hydrogens (tertiary/aromatic N) is 1. The quantitative estimate of drug-likeness (QED) is 0.463. The molecule has 4 rings (SSSR count). The molecule has 1 aliphatic heterocycles. The molecule has 27 heavy (non-hydrogen) atoms. The largest absolute Gasteiger partial charge is 0.367 e. The van der Waals surface area contributed by atoms with Crippen LogP contribution in [0.2, 0.25) is 0 Å². The molecule has 0 bridgehead atoms. The third-order valence-electron chi connectivity index (χ3n) is 6.64. The Kier molecular flexibility index (Phi) is 5.68. The van der Waals surface area contributed by atoms with Gasteiger partial charge >= 0.3 is 0 Å². The minimum absolute atomic E-state index is 0.703. The molecule has 0 spiro atoms. The van der Waals surface area contributed by atoms with E-state index in [-0.39, 0.29) is 0 Å². The molecule has 0 N–H and O–H groups in total. The van der Waals surface area contributed by atoms with E-state index in [9.17, 15) is 4.79 Å². The van der Waals surface area contributed by atoms with Gasteiger partial charge in [-0.2, -0.15) is 0 Å². The van der Waals surface area contributed by atoms with Crippen LogP contribution in [0, 0.1) is 5.92 Å². The van der Waals surface area contributed by atoms with Gasteiger partial charge in [0.25, 0.3) is 0 Å². The number of unbranched alkanes of at least 4 members (excludes halogenated alkanes) is 1. The van der Waals surface area contributed by atoms with E-state index < -0.39 is 0 Å². The standard InChI is InChI=1S/C24H31NOS/c1-3-5-7-17(4-2)15-25-22-9-6-8-20(22)21-14-18(10-12-23(21)25)24-13-11-19(16-26)27-24/h10-14,16-17,20,22H,3-9,15H2,1-2H3. The molecule has 3 atom stereocenters. The first-order valence-electron chi connectivity index (χ1n) is 10.7. The van der Waals surface area contributed by atoms with E-state index >= 15 is 0 Å². The van der Waals surface area contributed by atoms with Crippen molar-refractivity contribution in [2.24, 2.45) is 5.92 Å². The van der Waals surface area contributed by atoms with Gasteiger partial charge in [0.2, 0.25) is 0 Å². The summed E-state index contributed by atoms with van der Waals surface area (Å²) in [6.45, 7) is 5.87. The number of aldehydes is 1. The van der Waals surface area contributed by atoms with Gasteiger partial charge in [0.15, 0.2) is 6.29 Å². The predicted molar refractivity (Wildman–Crippen MR) is 116 cm³/mol. The summed E-state index contributed by atoms with van der Waals surface area (Å²) in [4.78, 5) is 15.8. The van der Waals surface area contributed by atoms with Gasteiger partial charge in [-0.1, -0.05) is 45.6 Å². The van der Waals surface area contributed by atoms with Gasteiger partial charge in [-0.3, -0.25) is 4.79 Å². The molecule has 0 radical (unpaired) electrons. The third-order valence-corrected chi connectivity index (χ3v) is 7.70. The number of anilines is 1. The van der Waals surface area contributed by atoms with E-state index in [1.165, 1.54) is 67.6 Å². The lowest BCUT2D eigenvalue weighted by molar-refractivity contribution is 0.112. The first-order chi connectivity index (χ1) is 13.2. The number of carbonyl (C=O) groups excluding carboxylic acids is 1. The van der Waals surface area contributed by atoms with Gasteiger partial charge in [0.05, 0.1) is 4.88 Å². The van der Waals surface area contributed by atoms with Gasteiger partial charge in [0, 0.05) is 29.1 Å². The third kappa shape index (κ3) is 3.59. The maximum absolute atomic E-state index is 11.0. The molecule has 0 amide bonds. The Morgan fingerprint density at radius 3 is 2.85 bits per heavy atom. The molecule has 2 nitrogen and oxygen atoms in total. The van der Waals surface area contributed by atoms with E-state index in [1.807, 2.05) is 6.07 Å². The maximum atomic E-state index is 11.0. The normalized spacial score (nSPS) is 21.9.